The Balaban J connectivity index is 2.54. The Morgan fingerprint density at radius 2 is 1.90 bits per heavy atom. The van der Waals surface area contributed by atoms with Crippen LogP contribution >= 0.6 is 0 Å². The number of methoxy groups -OCH3 is 2. The number of ether oxygens (including phenoxy) is 4. The average Bonchev–Trinajstić information content (AvgIpc) is 2.76. The molecule has 0 spiro atoms. The van der Waals surface area contributed by atoms with Gasteiger partial charge in [0.05, 0.1) is 33.5 Å². The highest BCUT2D eigenvalue weighted by Crippen LogP contribution is 2.15. The minimum absolute atomic E-state index is 0.0909. The van der Waals surface area contributed by atoms with Gasteiger partial charge in [-0.1, -0.05) is 49.4 Å². The molecule has 0 amide bonds. The van der Waals surface area contributed by atoms with Gasteiger partial charge in [-0.15, -0.1) is 0 Å². The third-order valence-electron chi connectivity index (χ3n) is 4.45. The molecule has 0 radical (unpaired) electrons. The van der Waals surface area contributed by atoms with E-state index in [2.05, 4.69) is 25.2 Å². The highest BCUT2D eigenvalue weighted by Gasteiger charge is 2.01. The Morgan fingerprint density at radius 3 is 2.55 bits per heavy atom. The van der Waals surface area contributed by atoms with Gasteiger partial charge in [-0.05, 0) is 48.4 Å². The fourth-order valence-electron chi connectivity index (χ4n) is 2.64. The van der Waals surface area contributed by atoms with E-state index in [1.165, 1.54) is 5.57 Å². The molecule has 29 heavy (non-hydrogen) atoms. The summed E-state index contributed by atoms with van der Waals surface area (Å²) in [6.07, 6.45) is 13.1. The molecule has 1 aromatic rings. The fraction of sp³-hybridized carbons (Fsp3) is 0.500. The second-order valence-electron chi connectivity index (χ2n) is 6.62. The lowest BCUT2D eigenvalue weighted by atomic mass is 9.99. The molecule has 5 heteroatoms. The topological polar surface area (TPSA) is 57.2 Å². The Kier molecular flexibility index (Phi) is 14.7. The first kappa shape index (κ1) is 25.1. The number of benzene rings is 1. The van der Waals surface area contributed by atoms with Gasteiger partial charge in [0.25, 0.3) is 0 Å². The highest BCUT2D eigenvalue weighted by molar-refractivity contribution is 5.26. The maximum absolute atomic E-state index is 8.88. The Labute approximate surface area is 175 Å². The Bertz CT molecular complexity index is 604. The van der Waals surface area contributed by atoms with Crippen molar-refractivity contribution in [3.05, 3.63) is 65.8 Å². The summed E-state index contributed by atoms with van der Waals surface area (Å²) >= 11 is 0. The van der Waals surface area contributed by atoms with E-state index in [1.807, 2.05) is 30.3 Å². The summed E-state index contributed by atoms with van der Waals surface area (Å²) in [7, 11) is 3.28. The number of hydrogen-bond donors (Lipinski definition) is 1. The number of aliphatic hydroxyl groups is 1. The third-order valence-corrected chi connectivity index (χ3v) is 4.45. The van der Waals surface area contributed by atoms with E-state index in [9.17, 15) is 0 Å². The first-order valence-corrected chi connectivity index (χ1v) is 10.1. The quantitative estimate of drug-likeness (QED) is 0.188. The standard InChI is InChI=1S/C24H36O5/c1-4-21(7-5-6-16-25)8-9-22(15-18-29-20-26-2)14-17-28-19-23-10-12-24(27-3)13-11-23/h5-6,8-13,15,21,25H,4,7,14,16-20H2,1-3H3/b6-5+,9-8+,22-15+/t21-/m0/s1. The van der Waals surface area contributed by atoms with E-state index in [4.69, 9.17) is 24.1 Å². The largest absolute Gasteiger partial charge is 0.497 e. The average molecular weight is 405 g/mol. The Hall–Kier alpha value is -1.92. The monoisotopic (exact) mass is 404 g/mol. The fourth-order valence-corrected chi connectivity index (χ4v) is 2.64. The number of allylic oxidation sites excluding steroid dienone is 3. The van der Waals surface area contributed by atoms with Crippen molar-refractivity contribution in [3.63, 3.8) is 0 Å². The second-order valence-corrected chi connectivity index (χ2v) is 6.62. The van der Waals surface area contributed by atoms with Crippen LogP contribution in [0.4, 0.5) is 0 Å². The van der Waals surface area contributed by atoms with E-state index in [0.717, 1.165) is 30.6 Å². The molecule has 1 aromatic carbocycles. The second kappa shape index (κ2) is 17.0. The summed E-state index contributed by atoms with van der Waals surface area (Å²) in [4.78, 5) is 0. The molecule has 0 unspecified atom stereocenters. The molecule has 1 N–H and O–H groups in total. The number of rotatable bonds is 16. The number of hydrogen-bond acceptors (Lipinski definition) is 5. The van der Waals surface area contributed by atoms with E-state index in [0.29, 0.717) is 25.7 Å². The third kappa shape index (κ3) is 12.3. The van der Waals surface area contributed by atoms with Gasteiger partial charge < -0.3 is 24.1 Å². The van der Waals surface area contributed by atoms with Gasteiger partial charge in [0.15, 0.2) is 0 Å². The smallest absolute Gasteiger partial charge is 0.146 e. The van der Waals surface area contributed by atoms with Crippen molar-refractivity contribution in [2.45, 2.75) is 32.8 Å². The number of aliphatic hydroxyl groups excluding tert-OH is 1. The first-order valence-electron chi connectivity index (χ1n) is 10.1. The van der Waals surface area contributed by atoms with Crippen LogP contribution in [-0.2, 0) is 20.8 Å². The molecule has 1 rings (SSSR count). The molecule has 0 aromatic heterocycles. The minimum Gasteiger partial charge on any atom is -0.497 e. The van der Waals surface area contributed by atoms with E-state index in [-0.39, 0.29) is 13.4 Å². The molecule has 0 aliphatic rings. The summed E-state index contributed by atoms with van der Waals surface area (Å²) in [6, 6.07) is 7.91. The van der Waals surface area contributed by atoms with Crippen LogP contribution in [0.15, 0.2) is 60.2 Å². The van der Waals surface area contributed by atoms with Gasteiger partial charge in [-0.3, -0.25) is 0 Å². The molecule has 0 saturated heterocycles. The Morgan fingerprint density at radius 1 is 1.10 bits per heavy atom. The van der Waals surface area contributed by atoms with Crippen molar-refractivity contribution in [1.82, 2.24) is 0 Å². The van der Waals surface area contributed by atoms with Crippen LogP contribution in [-0.4, -0.2) is 45.9 Å². The normalized spacial score (nSPS) is 13.4. The van der Waals surface area contributed by atoms with Crippen LogP contribution in [0.3, 0.4) is 0 Å². The lowest BCUT2D eigenvalue weighted by molar-refractivity contribution is -0.0188. The van der Waals surface area contributed by atoms with Crippen molar-refractivity contribution in [3.8, 4) is 5.75 Å². The molecular formula is C24H36O5. The molecule has 5 nitrogen and oxygen atoms in total. The van der Waals surface area contributed by atoms with Crippen LogP contribution in [0.25, 0.3) is 0 Å². The summed E-state index contributed by atoms with van der Waals surface area (Å²) in [5.74, 6) is 1.29. The molecule has 0 heterocycles. The molecular weight excluding hydrogens is 368 g/mol. The van der Waals surface area contributed by atoms with Crippen LogP contribution in [0.5, 0.6) is 5.75 Å². The lowest BCUT2D eigenvalue weighted by Gasteiger charge is -2.09. The molecule has 0 aliphatic heterocycles. The van der Waals surface area contributed by atoms with Gasteiger partial charge in [-0.25, -0.2) is 0 Å². The molecule has 0 saturated carbocycles. The van der Waals surface area contributed by atoms with Gasteiger partial charge >= 0.3 is 0 Å². The van der Waals surface area contributed by atoms with Crippen molar-refractivity contribution >= 4 is 0 Å². The summed E-state index contributed by atoms with van der Waals surface area (Å²) in [6.45, 7) is 4.26. The van der Waals surface area contributed by atoms with Crippen molar-refractivity contribution in [2.24, 2.45) is 5.92 Å². The zero-order valence-corrected chi connectivity index (χ0v) is 18.0. The zero-order valence-electron chi connectivity index (χ0n) is 18.0. The van der Waals surface area contributed by atoms with Crippen LogP contribution in [0, 0.1) is 5.92 Å². The minimum atomic E-state index is 0.0909. The van der Waals surface area contributed by atoms with E-state index in [1.54, 1.807) is 20.3 Å². The lowest BCUT2D eigenvalue weighted by Crippen LogP contribution is -2.00. The summed E-state index contributed by atoms with van der Waals surface area (Å²) in [5.41, 5.74) is 2.30. The van der Waals surface area contributed by atoms with Crippen LogP contribution < -0.4 is 4.74 Å². The van der Waals surface area contributed by atoms with E-state index < -0.39 is 0 Å². The van der Waals surface area contributed by atoms with Gasteiger partial charge in [0.2, 0.25) is 0 Å². The zero-order chi connectivity index (χ0) is 21.2. The van der Waals surface area contributed by atoms with Gasteiger partial charge in [0, 0.05) is 7.11 Å². The van der Waals surface area contributed by atoms with Crippen molar-refractivity contribution < 1.29 is 24.1 Å². The van der Waals surface area contributed by atoms with Crippen LogP contribution in [0.1, 0.15) is 31.7 Å². The molecule has 0 bridgehead atoms. The molecule has 0 aliphatic carbocycles. The predicted octanol–water partition coefficient (Wildman–Crippen LogP) is 4.67. The van der Waals surface area contributed by atoms with E-state index >= 15 is 0 Å². The summed E-state index contributed by atoms with van der Waals surface area (Å²) < 4.78 is 21.3. The van der Waals surface area contributed by atoms with Crippen molar-refractivity contribution in [2.75, 3.05) is 40.8 Å². The summed E-state index contributed by atoms with van der Waals surface area (Å²) in [5, 5.41) is 8.88. The van der Waals surface area contributed by atoms with Gasteiger partial charge in [0.1, 0.15) is 12.5 Å². The molecule has 162 valence electrons. The maximum Gasteiger partial charge on any atom is 0.146 e. The van der Waals surface area contributed by atoms with Crippen LogP contribution in [0.2, 0.25) is 0 Å². The highest BCUT2D eigenvalue weighted by atomic mass is 16.7. The van der Waals surface area contributed by atoms with Gasteiger partial charge in [-0.2, -0.15) is 0 Å². The SMILES string of the molecule is CC[C@H](/C=C/C(=C\COCOC)CCOCc1ccc(OC)cc1)C/C=C/CO. The first-order chi connectivity index (χ1) is 14.2. The molecule has 1 atom stereocenters. The predicted molar refractivity (Wildman–Crippen MR) is 117 cm³/mol. The van der Waals surface area contributed by atoms with Crippen molar-refractivity contribution in [1.29, 1.82) is 0 Å². The maximum atomic E-state index is 8.88. The molecule has 0 fully saturated rings.